The second-order valence-electron chi connectivity index (χ2n) is 6.59. The van der Waals surface area contributed by atoms with Crippen molar-refractivity contribution in [2.45, 2.75) is 50.6 Å². The number of benzene rings is 1. The predicted octanol–water partition coefficient (Wildman–Crippen LogP) is 4.18. The van der Waals surface area contributed by atoms with E-state index in [0.29, 0.717) is 18.0 Å². The molecule has 1 aromatic carbocycles. The molecule has 118 valence electrons. The summed E-state index contributed by atoms with van der Waals surface area (Å²) in [5, 5.41) is 3.64. The van der Waals surface area contributed by atoms with E-state index in [4.69, 9.17) is 0 Å². The lowest BCUT2D eigenvalue weighted by atomic mass is 10.0. The van der Waals surface area contributed by atoms with Crippen LogP contribution in [0.15, 0.2) is 29.2 Å². The highest BCUT2D eigenvalue weighted by Crippen LogP contribution is 2.25. The zero-order valence-corrected chi connectivity index (χ0v) is 14.7. The van der Waals surface area contributed by atoms with Gasteiger partial charge in [0, 0.05) is 30.1 Å². The van der Waals surface area contributed by atoms with Gasteiger partial charge < -0.3 is 5.32 Å². The Labute approximate surface area is 134 Å². The minimum absolute atomic E-state index is 0.491. The van der Waals surface area contributed by atoms with Gasteiger partial charge in [0.05, 0.1) is 0 Å². The van der Waals surface area contributed by atoms with E-state index in [0.717, 1.165) is 0 Å². The lowest BCUT2D eigenvalue weighted by Gasteiger charge is -2.33. The smallest absolute Gasteiger partial charge is 0.0320 e. The largest absolute Gasteiger partial charge is 0.313 e. The zero-order chi connectivity index (χ0) is 15.2. The molecule has 1 aliphatic heterocycles. The van der Waals surface area contributed by atoms with Gasteiger partial charge in [-0.2, -0.15) is 0 Å². The lowest BCUT2D eigenvalue weighted by Crippen LogP contribution is -2.40. The quantitative estimate of drug-likeness (QED) is 0.761. The van der Waals surface area contributed by atoms with Crippen LogP contribution in [0.5, 0.6) is 0 Å². The summed E-state index contributed by atoms with van der Waals surface area (Å²) >= 11 is 1.81. The maximum Gasteiger partial charge on any atom is 0.0320 e. The second kappa shape index (κ2) is 8.21. The summed E-state index contributed by atoms with van der Waals surface area (Å²) in [4.78, 5) is 4.00. The Balaban J connectivity index is 2.05. The third-order valence-electron chi connectivity index (χ3n) is 4.36. The summed E-state index contributed by atoms with van der Waals surface area (Å²) in [6.45, 7) is 10.5. The molecule has 0 amide bonds. The van der Waals surface area contributed by atoms with Crippen molar-refractivity contribution in [3.8, 4) is 0 Å². The van der Waals surface area contributed by atoms with Gasteiger partial charge in [-0.3, -0.25) is 4.90 Å². The first-order valence-electron chi connectivity index (χ1n) is 8.21. The fourth-order valence-electron chi connectivity index (χ4n) is 3.15. The Hall–Kier alpha value is -0.510. The van der Waals surface area contributed by atoms with E-state index >= 15 is 0 Å². The van der Waals surface area contributed by atoms with Crippen molar-refractivity contribution >= 4 is 11.8 Å². The minimum Gasteiger partial charge on any atom is -0.313 e. The third kappa shape index (κ3) is 5.01. The van der Waals surface area contributed by atoms with Crippen LogP contribution in [0.2, 0.25) is 0 Å². The molecule has 0 saturated carbocycles. The first-order valence-corrected chi connectivity index (χ1v) is 9.44. The molecule has 2 nitrogen and oxygen atoms in total. The van der Waals surface area contributed by atoms with Crippen LogP contribution >= 0.6 is 11.8 Å². The highest BCUT2D eigenvalue weighted by molar-refractivity contribution is 7.98. The van der Waals surface area contributed by atoms with Crippen molar-refractivity contribution in [1.29, 1.82) is 0 Å². The molecular formula is C18H30N2S. The van der Waals surface area contributed by atoms with Gasteiger partial charge in [-0.25, -0.2) is 0 Å². The molecule has 0 bridgehead atoms. The third-order valence-corrected chi connectivity index (χ3v) is 5.11. The van der Waals surface area contributed by atoms with Gasteiger partial charge in [-0.1, -0.05) is 26.0 Å². The summed E-state index contributed by atoms with van der Waals surface area (Å²) in [7, 11) is 0. The fourth-order valence-corrected chi connectivity index (χ4v) is 3.56. The van der Waals surface area contributed by atoms with Crippen LogP contribution in [-0.4, -0.2) is 36.8 Å². The molecule has 0 aromatic heterocycles. The van der Waals surface area contributed by atoms with Gasteiger partial charge >= 0.3 is 0 Å². The second-order valence-corrected chi connectivity index (χ2v) is 7.47. The molecule has 1 aromatic rings. The van der Waals surface area contributed by atoms with E-state index in [2.05, 4.69) is 61.5 Å². The number of nitrogens with zero attached hydrogens (tertiary/aromatic N) is 1. The van der Waals surface area contributed by atoms with E-state index in [1.54, 1.807) is 0 Å². The van der Waals surface area contributed by atoms with Crippen LogP contribution in [0.3, 0.4) is 0 Å². The van der Waals surface area contributed by atoms with Crippen molar-refractivity contribution in [3.63, 3.8) is 0 Å². The molecule has 2 unspecified atom stereocenters. The van der Waals surface area contributed by atoms with Crippen molar-refractivity contribution in [2.75, 3.05) is 25.9 Å². The van der Waals surface area contributed by atoms with E-state index < -0.39 is 0 Å². The van der Waals surface area contributed by atoms with Crippen molar-refractivity contribution < 1.29 is 0 Å². The van der Waals surface area contributed by atoms with Crippen LogP contribution in [0.25, 0.3) is 0 Å². The van der Waals surface area contributed by atoms with Crippen molar-refractivity contribution in [1.82, 2.24) is 10.2 Å². The summed E-state index contributed by atoms with van der Waals surface area (Å²) < 4.78 is 0. The molecule has 1 fully saturated rings. The summed E-state index contributed by atoms with van der Waals surface area (Å²) in [6.07, 6.45) is 4.79. The normalized spacial score (nSPS) is 20.4. The van der Waals surface area contributed by atoms with Crippen LogP contribution in [-0.2, 0) is 0 Å². The number of rotatable bonds is 7. The molecule has 2 atom stereocenters. The Bertz CT molecular complexity index is 410. The molecule has 0 spiro atoms. The van der Waals surface area contributed by atoms with Gasteiger partial charge in [0.2, 0.25) is 0 Å². The molecule has 1 saturated heterocycles. The summed E-state index contributed by atoms with van der Waals surface area (Å²) in [5.74, 6) is 0.708. The molecule has 21 heavy (non-hydrogen) atoms. The van der Waals surface area contributed by atoms with E-state index in [1.165, 1.54) is 42.9 Å². The molecule has 1 aliphatic rings. The van der Waals surface area contributed by atoms with E-state index in [9.17, 15) is 0 Å². The van der Waals surface area contributed by atoms with Crippen LogP contribution in [0, 0.1) is 5.92 Å². The average Bonchev–Trinajstić information content (AvgIpc) is 2.98. The van der Waals surface area contributed by atoms with Crippen molar-refractivity contribution in [2.24, 2.45) is 5.92 Å². The summed E-state index contributed by atoms with van der Waals surface area (Å²) in [6, 6.07) is 10.3. The first-order chi connectivity index (χ1) is 10.1. The number of nitrogens with one attached hydrogen (secondary N) is 1. The number of hydrogen-bond acceptors (Lipinski definition) is 3. The maximum absolute atomic E-state index is 3.64. The molecule has 3 heteroatoms. The topological polar surface area (TPSA) is 15.3 Å². The van der Waals surface area contributed by atoms with Gasteiger partial charge in [-0.05, 0) is 56.2 Å². The standard InChI is InChI=1S/C18H30N2S/c1-14(2)12-20(13-17-6-5-11-19-17)15(3)16-7-9-18(21-4)10-8-16/h7-10,14-15,17,19H,5-6,11-13H2,1-4H3. The highest BCUT2D eigenvalue weighted by atomic mass is 32.2. The number of thioether (sulfide) groups is 1. The van der Waals surface area contributed by atoms with Gasteiger partial charge in [0.25, 0.3) is 0 Å². The molecule has 0 aliphatic carbocycles. The number of hydrogen-bond donors (Lipinski definition) is 1. The van der Waals surface area contributed by atoms with Gasteiger partial charge in [-0.15, -0.1) is 11.8 Å². The van der Waals surface area contributed by atoms with E-state index in [-0.39, 0.29) is 0 Å². The zero-order valence-electron chi connectivity index (χ0n) is 13.9. The van der Waals surface area contributed by atoms with Gasteiger partial charge in [0.15, 0.2) is 0 Å². The predicted molar refractivity (Wildman–Crippen MR) is 94.1 cm³/mol. The SMILES string of the molecule is CSc1ccc(C(C)N(CC(C)C)CC2CCCN2)cc1. The Morgan fingerprint density at radius 1 is 1.24 bits per heavy atom. The highest BCUT2D eigenvalue weighted by Gasteiger charge is 2.22. The Morgan fingerprint density at radius 2 is 1.95 bits per heavy atom. The van der Waals surface area contributed by atoms with E-state index in [1.807, 2.05) is 11.8 Å². The molecule has 0 radical (unpaired) electrons. The molecule has 1 N–H and O–H groups in total. The molecule has 1 heterocycles. The fraction of sp³-hybridized carbons (Fsp3) is 0.667. The molecule has 2 rings (SSSR count). The van der Waals surface area contributed by atoms with Crippen molar-refractivity contribution in [3.05, 3.63) is 29.8 Å². The molecular weight excluding hydrogens is 276 g/mol. The van der Waals surface area contributed by atoms with Crippen LogP contribution in [0.1, 0.15) is 45.2 Å². The Morgan fingerprint density at radius 3 is 2.48 bits per heavy atom. The van der Waals surface area contributed by atoms with Gasteiger partial charge in [0.1, 0.15) is 0 Å². The minimum atomic E-state index is 0.491. The summed E-state index contributed by atoms with van der Waals surface area (Å²) in [5.41, 5.74) is 1.44. The van der Waals surface area contributed by atoms with Crippen LogP contribution < -0.4 is 5.32 Å². The lowest BCUT2D eigenvalue weighted by molar-refractivity contribution is 0.171. The average molecular weight is 307 g/mol. The van der Waals surface area contributed by atoms with Crippen LogP contribution in [0.4, 0.5) is 0 Å². The maximum atomic E-state index is 3.64. The Kier molecular flexibility index (Phi) is 6.59. The monoisotopic (exact) mass is 306 g/mol. The first kappa shape index (κ1) is 16.9.